The highest BCUT2D eigenvalue weighted by Crippen LogP contribution is 2.18. The van der Waals surface area contributed by atoms with E-state index in [9.17, 15) is 9.90 Å². The molecule has 1 amide bonds. The number of aliphatic hydroxyl groups is 1. The molecule has 2 heterocycles. The number of carbonyl (C=O) groups excluding carboxylic acids is 1. The van der Waals surface area contributed by atoms with Crippen molar-refractivity contribution in [2.45, 2.75) is 13.0 Å². The molecule has 2 aromatic heterocycles. The van der Waals surface area contributed by atoms with Gasteiger partial charge in [0.15, 0.2) is 0 Å². The van der Waals surface area contributed by atoms with Crippen molar-refractivity contribution in [1.29, 1.82) is 0 Å². The van der Waals surface area contributed by atoms with Crippen LogP contribution in [0, 0.1) is 6.92 Å². The normalized spacial score (nSPS) is 12.1. The monoisotopic (exact) mass is 311 g/mol. The molecule has 1 aromatic carbocycles. The van der Waals surface area contributed by atoms with Gasteiger partial charge in [-0.15, -0.1) is 0 Å². The number of aromatic amines is 1. The molecule has 1 unspecified atom stereocenters. The maximum absolute atomic E-state index is 12.1. The first-order valence-electron chi connectivity index (χ1n) is 7.25. The van der Waals surface area contributed by atoms with E-state index in [-0.39, 0.29) is 12.5 Å². The number of aryl methyl sites for hydroxylation is 1. The molecule has 0 aliphatic rings. The maximum atomic E-state index is 12.1. The summed E-state index contributed by atoms with van der Waals surface area (Å²) in [5.74, 6) is 0.0803. The van der Waals surface area contributed by atoms with E-state index in [2.05, 4.69) is 15.5 Å². The smallest absolute Gasteiger partial charge is 0.269 e. The Balaban J connectivity index is 1.63. The molecule has 0 radical (unpaired) electrons. The van der Waals surface area contributed by atoms with E-state index < -0.39 is 6.10 Å². The highest BCUT2D eigenvalue weighted by molar-refractivity contribution is 5.93. The van der Waals surface area contributed by atoms with Gasteiger partial charge in [0, 0.05) is 5.56 Å². The molecule has 3 rings (SSSR count). The number of amides is 1. The zero-order chi connectivity index (χ0) is 16.2. The molecule has 0 fully saturated rings. The first-order valence-corrected chi connectivity index (χ1v) is 7.25. The van der Waals surface area contributed by atoms with Crippen LogP contribution in [0.3, 0.4) is 0 Å². The van der Waals surface area contributed by atoms with Gasteiger partial charge in [-0.05, 0) is 25.1 Å². The van der Waals surface area contributed by atoms with E-state index in [1.807, 2.05) is 31.2 Å². The van der Waals surface area contributed by atoms with Crippen LogP contribution in [0.25, 0.3) is 11.3 Å². The van der Waals surface area contributed by atoms with Crippen LogP contribution in [-0.2, 0) is 0 Å². The number of aliphatic hydroxyl groups excluding tert-OH is 1. The highest BCUT2D eigenvalue weighted by Gasteiger charge is 2.15. The summed E-state index contributed by atoms with van der Waals surface area (Å²) >= 11 is 0. The Bertz CT molecular complexity index is 776. The number of hydrogen-bond acceptors (Lipinski definition) is 4. The summed E-state index contributed by atoms with van der Waals surface area (Å²) in [5.41, 5.74) is 3.13. The van der Waals surface area contributed by atoms with E-state index >= 15 is 0 Å². The van der Waals surface area contributed by atoms with Crippen LogP contribution in [-0.4, -0.2) is 27.8 Å². The van der Waals surface area contributed by atoms with E-state index in [1.165, 1.54) is 6.26 Å². The largest absolute Gasteiger partial charge is 0.467 e. The van der Waals surface area contributed by atoms with E-state index in [1.54, 1.807) is 18.2 Å². The van der Waals surface area contributed by atoms with Crippen LogP contribution >= 0.6 is 0 Å². The van der Waals surface area contributed by atoms with Gasteiger partial charge in [-0.25, -0.2) is 0 Å². The third-order valence-corrected chi connectivity index (χ3v) is 3.50. The number of hydrogen-bond donors (Lipinski definition) is 3. The summed E-state index contributed by atoms with van der Waals surface area (Å²) in [6.45, 7) is 2.07. The molecule has 0 bridgehead atoms. The highest BCUT2D eigenvalue weighted by atomic mass is 16.4. The van der Waals surface area contributed by atoms with Crippen LogP contribution in [0.4, 0.5) is 0 Å². The zero-order valence-electron chi connectivity index (χ0n) is 12.6. The predicted molar refractivity (Wildman–Crippen MR) is 84.8 cm³/mol. The lowest BCUT2D eigenvalue weighted by Gasteiger charge is -2.08. The molecule has 118 valence electrons. The lowest BCUT2D eigenvalue weighted by molar-refractivity contribution is 0.0896. The second-order valence-electron chi connectivity index (χ2n) is 5.27. The minimum absolute atomic E-state index is 0.0607. The van der Waals surface area contributed by atoms with Crippen molar-refractivity contribution in [3.63, 3.8) is 0 Å². The van der Waals surface area contributed by atoms with Crippen molar-refractivity contribution in [1.82, 2.24) is 15.5 Å². The van der Waals surface area contributed by atoms with Crippen molar-refractivity contribution in [3.05, 3.63) is 65.7 Å². The van der Waals surface area contributed by atoms with Gasteiger partial charge in [0.05, 0.1) is 18.5 Å². The number of benzene rings is 1. The maximum Gasteiger partial charge on any atom is 0.269 e. The van der Waals surface area contributed by atoms with Crippen molar-refractivity contribution >= 4 is 5.91 Å². The Morgan fingerprint density at radius 2 is 2.13 bits per heavy atom. The van der Waals surface area contributed by atoms with Crippen molar-refractivity contribution < 1.29 is 14.3 Å². The predicted octanol–water partition coefficient (Wildman–Crippen LogP) is 2.44. The third kappa shape index (κ3) is 3.49. The summed E-state index contributed by atoms with van der Waals surface area (Å²) in [5, 5.41) is 19.4. The number of nitrogens with one attached hydrogen (secondary N) is 2. The lowest BCUT2D eigenvalue weighted by atomic mass is 10.1. The molecule has 23 heavy (non-hydrogen) atoms. The Morgan fingerprint density at radius 3 is 2.83 bits per heavy atom. The standard InChI is InChI=1S/C17H17N3O3/c1-11-4-6-12(7-5-11)13-9-14(20-19-13)17(22)18-10-15(21)16-3-2-8-23-16/h2-9,15,21H,10H2,1H3,(H,18,22)(H,19,20). The van der Waals surface area contributed by atoms with Crippen LogP contribution in [0.5, 0.6) is 0 Å². The molecule has 6 heteroatoms. The fraction of sp³-hybridized carbons (Fsp3) is 0.176. The zero-order valence-corrected chi connectivity index (χ0v) is 12.6. The Hall–Kier alpha value is -2.86. The average molecular weight is 311 g/mol. The Labute approximate surface area is 133 Å². The fourth-order valence-electron chi connectivity index (χ4n) is 2.18. The minimum atomic E-state index is -0.881. The van der Waals surface area contributed by atoms with Crippen molar-refractivity contribution in [3.8, 4) is 11.3 Å². The molecule has 3 aromatic rings. The molecule has 0 aliphatic heterocycles. The summed E-state index contributed by atoms with van der Waals surface area (Å²) in [6, 6.07) is 12.9. The first kappa shape index (κ1) is 15.1. The number of H-pyrrole nitrogens is 1. The van der Waals surface area contributed by atoms with E-state index in [0.29, 0.717) is 17.1 Å². The molecule has 0 aliphatic carbocycles. The van der Waals surface area contributed by atoms with Gasteiger partial charge in [0.2, 0.25) is 0 Å². The van der Waals surface area contributed by atoms with Gasteiger partial charge >= 0.3 is 0 Å². The summed E-state index contributed by atoms with van der Waals surface area (Å²) < 4.78 is 5.08. The number of aromatic nitrogens is 2. The molecule has 0 saturated heterocycles. The minimum Gasteiger partial charge on any atom is -0.467 e. The quantitative estimate of drug-likeness (QED) is 0.675. The molecule has 1 atom stereocenters. The van der Waals surface area contributed by atoms with Gasteiger partial charge in [-0.3, -0.25) is 9.89 Å². The van der Waals surface area contributed by atoms with Crippen LogP contribution < -0.4 is 5.32 Å². The van der Waals surface area contributed by atoms with Crippen LogP contribution in [0.15, 0.2) is 53.1 Å². The summed E-state index contributed by atoms with van der Waals surface area (Å²) in [7, 11) is 0. The molecule has 6 nitrogen and oxygen atoms in total. The lowest BCUT2D eigenvalue weighted by Crippen LogP contribution is -2.28. The van der Waals surface area contributed by atoms with Gasteiger partial charge < -0.3 is 14.8 Å². The molecule has 0 spiro atoms. The second-order valence-corrected chi connectivity index (χ2v) is 5.27. The van der Waals surface area contributed by atoms with Gasteiger partial charge in [-0.2, -0.15) is 5.10 Å². The third-order valence-electron chi connectivity index (χ3n) is 3.50. The second kappa shape index (κ2) is 6.50. The van der Waals surface area contributed by atoms with Crippen LogP contribution in [0.2, 0.25) is 0 Å². The average Bonchev–Trinajstić information content (AvgIpc) is 3.24. The number of rotatable bonds is 5. The molecule has 3 N–H and O–H groups in total. The first-order chi connectivity index (χ1) is 11.1. The van der Waals surface area contributed by atoms with E-state index in [0.717, 1.165) is 11.1 Å². The van der Waals surface area contributed by atoms with Crippen LogP contribution in [0.1, 0.15) is 27.9 Å². The fourth-order valence-corrected chi connectivity index (χ4v) is 2.18. The van der Waals surface area contributed by atoms with Crippen molar-refractivity contribution in [2.75, 3.05) is 6.54 Å². The number of nitrogens with zero attached hydrogens (tertiary/aromatic N) is 1. The van der Waals surface area contributed by atoms with Gasteiger partial charge in [0.25, 0.3) is 5.91 Å². The Morgan fingerprint density at radius 1 is 1.35 bits per heavy atom. The molecular formula is C17H17N3O3. The molecular weight excluding hydrogens is 294 g/mol. The van der Waals surface area contributed by atoms with Crippen molar-refractivity contribution in [2.24, 2.45) is 0 Å². The number of carbonyl (C=O) groups is 1. The summed E-state index contributed by atoms with van der Waals surface area (Å²) in [6.07, 6.45) is 0.594. The topological polar surface area (TPSA) is 91.1 Å². The Kier molecular flexibility index (Phi) is 4.25. The van der Waals surface area contributed by atoms with E-state index in [4.69, 9.17) is 4.42 Å². The van der Waals surface area contributed by atoms with Gasteiger partial charge in [-0.1, -0.05) is 29.8 Å². The number of furan rings is 1. The summed E-state index contributed by atoms with van der Waals surface area (Å²) in [4.78, 5) is 12.1. The SMILES string of the molecule is Cc1ccc(-c2cc(C(=O)NCC(O)c3ccco3)[nH]n2)cc1. The van der Waals surface area contributed by atoms with Gasteiger partial charge in [0.1, 0.15) is 17.6 Å². The molecule has 0 saturated carbocycles.